The molecular weight excluding hydrogens is 388 g/mol. The van der Waals surface area contributed by atoms with Crippen molar-refractivity contribution in [2.45, 2.75) is 13.0 Å². The highest BCUT2D eigenvalue weighted by atomic mass is 16.5. The van der Waals surface area contributed by atoms with Crippen LogP contribution in [0.1, 0.15) is 16.8 Å². The zero-order valence-electron chi connectivity index (χ0n) is 17.5. The third kappa shape index (κ3) is 3.47. The fourth-order valence-corrected chi connectivity index (χ4v) is 4.08. The van der Waals surface area contributed by atoms with Crippen LogP contribution in [0.25, 0.3) is 16.7 Å². The minimum Gasteiger partial charge on any atom is -0.495 e. The summed E-state index contributed by atoms with van der Waals surface area (Å²) in [4.78, 5) is 11.5. The minimum atomic E-state index is 0.453. The number of nitriles is 1. The third-order valence-corrected chi connectivity index (χ3v) is 5.64. The van der Waals surface area contributed by atoms with E-state index in [2.05, 4.69) is 40.5 Å². The standard InChI is InChI=1S/C24H22N6O/c1-29-9-8-16-12-22(31-2)21(11-18(16)15-29)27-24-26-14-17-10-20(13-25)30(23(17)28-24)19-6-4-3-5-7-19/h3-7,10-12,14H,8-9,15H2,1-2H3,(H,26,27,28). The second kappa shape index (κ2) is 7.74. The molecule has 1 aliphatic heterocycles. The molecule has 5 rings (SSSR count). The summed E-state index contributed by atoms with van der Waals surface area (Å²) in [6.45, 7) is 1.94. The number of benzene rings is 2. The van der Waals surface area contributed by atoms with Gasteiger partial charge in [-0.25, -0.2) is 4.98 Å². The lowest BCUT2D eigenvalue weighted by Crippen LogP contribution is -2.26. The van der Waals surface area contributed by atoms with Crippen molar-refractivity contribution in [2.24, 2.45) is 0 Å². The van der Waals surface area contributed by atoms with E-state index in [9.17, 15) is 5.26 Å². The van der Waals surface area contributed by atoms with Crippen LogP contribution >= 0.6 is 0 Å². The van der Waals surface area contributed by atoms with Crippen molar-refractivity contribution in [3.05, 3.63) is 71.5 Å². The third-order valence-electron chi connectivity index (χ3n) is 5.64. The molecule has 7 heteroatoms. The molecular formula is C24H22N6O. The first kappa shape index (κ1) is 19.1. The first-order valence-electron chi connectivity index (χ1n) is 10.2. The molecule has 0 saturated carbocycles. The van der Waals surface area contributed by atoms with Gasteiger partial charge in [0.2, 0.25) is 5.95 Å². The second-order valence-corrected chi connectivity index (χ2v) is 7.72. The monoisotopic (exact) mass is 410 g/mol. The van der Waals surface area contributed by atoms with Gasteiger partial charge in [-0.3, -0.25) is 4.57 Å². The van der Waals surface area contributed by atoms with Crippen LogP contribution in [0.4, 0.5) is 11.6 Å². The highest BCUT2D eigenvalue weighted by Gasteiger charge is 2.18. The van der Waals surface area contributed by atoms with Gasteiger partial charge >= 0.3 is 0 Å². The van der Waals surface area contributed by atoms with Crippen molar-refractivity contribution in [2.75, 3.05) is 26.0 Å². The summed E-state index contributed by atoms with van der Waals surface area (Å²) < 4.78 is 7.48. The Labute approximate surface area is 180 Å². The molecule has 0 amide bonds. The molecule has 0 aliphatic carbocycles. The highest BCUT2D eigenvalue weighted by Crippen LogP contribution is 2.33. The van der Waals surface area contributed by atoms with Crippen molar-refractivity contribution in [3.8, 4) is 17.5 Å². The Morgan fingerprint density at radius 3 is 2.74 bits per heavy atom. The number of methoxy groups -OCH3 is 1. The lowest BCUT2D eigenvalue weighted by Gasteiger charge is -2.26. The molecule has 0 unspecified atom stereocenters. The van der Waals surface area contributed by atoms with Gasteiger partial charge in [-0.05, 0) is 54.9 Å². The van der Waals surface area contributed by atoms with E-state index in [1.807, 2.05) is 34.9 Å². The van der Waals surface area contributed by atoms with Crippen molar-refractivity contribution in [3.63, 3.8) is 0 Å². The van der Waals surface area contributed by atoms with Crippen LogP contribution in [0.15, 0.2) is 54.7 Å². The Hall–Kier alpha value is -3.89. The van der Waals surface area contributed by atoms with Gasteiger partial charge in [-0.2, -0.15) is 10.2 Å². The van der Waals surface area contributed by atoms with E-state index in [1.165, 1.54) is 11.1 Å². The number of likely N-dealkylation sites (N-methyl/N-ethyl adjacent to an activating group) is 1. The lowest BCUT2D eigenvalue weighted by atomic mass is 9.99. The zero-order chi connectivity index (χ0) is 21.4. The molecule has 0 fully saturated rings. The second-order valence-electron chi connectivity index (χ2n) is 7.72. The number of nitrogens with one attached hydrogen (secondary N) is 1. The van der Waals surface area contributed by atoms with Crippen LogP contribution < -0.4 is 10.1 Å². The van der Waals surface area contributed by atoms with Gasteiger partial charge in [-0.1, -0.05) is 18.2 Å². The Balaban J connectivity index is 1.58. The molecule has 0 saturated heterocycles. The number of anilines is 2. The van der Waals surface area contributed by atoms with Gasteiger partial charge in [0.15, 0.2) is 5.65 Å². The van der Waals surface area contributed by atoms with Crippen LogP contribution in [0.2, 0.25) is 0 Å². The summed E-state index contributed by atoms with van der Waals surface area (Å²) in [6.07, 6.45) is 2.75. The molecule has 2 aromatic carbocycles. The molecule has 31 heavy (non-hydrogen) atoms. The average Bonchev–Trinajstić information content (AvgIpc) is 3.17. The maximum atomic E-state index is 9.63. The van der Waals surface area contributed by atoms with Gasteiger partial charge < -0.3 is 15.0 Å². The summed E-state index contributed by atoms with van der Waals surface area (Å²) in [5, 5.41) is 13.8. The van der Waals surface area contributed by atoms with E-state index in [1.54, 1.807) is 19.4 Å². The fourth-order valence-electron chi connectivity index (χ4n) is 4.08. The number of fused-ring (bicyclic) bond motifs is 2. The van der Waals surface area contributed by atoms with Gasteiger partial charge in [0.1, 0.15) is 17.5 Å². The van der Waals surface area contributed by atoms with Gasteiger partial charge in [-0.15, -0.1) is 0 Å². The first-order valence-corrected chi connectivity index (χ1v) is 10.2. The van der Waals surface area contributed by atoms with E-state index in [0.717, 1.165) is 42.0 Å². The number of hydrogen-bond acceptors (Lipinski definition) is 6. The lowest BCUT2D eigenvalue weighted by molar-refractivity contribution is 0.312. The molecule has 7 nitrogen and oxygen atoms in total. The molecule has 0 radical (unpaired) electrons. The fraction of sp³-hybridized carbons (Fsp3) is 0.208. The highest BCUT2D eigenvalue weighted by molar-refractivity contribution is 5.81. The number of hydrogen-bond donors (Lipinski definition) is 1. The Kier molecular flexibility index (Phi) is 4.77. The van der Waals surface area contributed by atoms with E-state index >= 15 is 0 Å². The maximum Gasteiger partial charge on any atom is 0.229 e. The van der Waals surface area contributed by atoms with Crippen molar-refractivity contribution in [1.82, 2.24) is 19.4 Å². The molecule has 154 valence electrons. The predicted molar refractivity (Wildman–Crippen MR) is 120 cm³/mol. The van der Waals surface area contributed by atoms with Crippen molar-refractivity contribution >= 4 is 22.7 Å². The molecule has 4 aromatic rings. The minimum absolute atomic E-state index is 0.453. The van der Waals surface area contributed by atoms with Crippen LogP contribution in [0, 0.1) is 11.3 Å². The molecule has 0 spiro atoms. The normalized spacial score (nSPS) is 13.6. The number of rotatable bonds is 4. The quantitative estimate of drug-likeness (QED) is 0.547. The molecule has 2 aromatic heterocycles. The number of nitrogens with zero attached hydrogens (tertiary/aromatic N) is 5. The zero-order valence-corrected chi connectivity index (χ0v) is 17.5. The van der Waals surface area contributed by atoms with Gasteiger partial charge in [0, 0.05) is 30.4 Å². The molecule has 0 atom stereocenters. The van der Waals surface area contributed by atoms with E-state index in [-0.39, 0.29) is 0 Å². The first-order chi connectivity index (χ1) is 15.2. The summed E-state index contributed by atoms with van der Waals surface area (Å²) in [5.74, 6) is 1.22. The predicted octanol–water partition coefficient (Wildman–Crippen LogP) is 4.03. The summed E-state index contributed by atoms with van der Waals surface area (Å²) >= 11 is 0. The number of aromatic nitrogens is 3. The van der Waals surface area contributed by atoms with Crippen LogP contribution in [0.5, 0.6) is 5.75 Å². The largest absolute Gasteiger partial charge is 0.495 e. The molecule has 1 N–H and O–H groups in total. The van der Waals surface area contributed by atoms with Crippen LogP contribution in [-0.2, 0) is 13.0 Å². The van der Waals surface area contributed by atoms with E-state index < -0.39 is 0 Å². The summed E-state index contributed by atoms with van der Waals surface area (Å²) in [6, 6.07) is 18.0. The Morgan fingerprint density at radius 1 is 1.13 bits per heavy atom. The van der Waals surface area contributed by atoms with E-state index in [0.29, 0.717) is 17.3 Å². The average molecular weight is 410 g/mol. The topological polar surface area (TPSA) is 79.0 Å². The number of ether oxygens (including phenoxy) is 1. The SMILES string of the molecule is COc1cc2c(cc1Nc1ncc3cc(C#N)n(-c4ccccc4)c3n1)CN(C)CC2. The maximum absolute atomic E-state index is 9.63. The number of para-hydroxylation sites is 1. The van der Waals surface area contributed by atoms with Crippen molar-refractivity contribution in [1.29, 1.82) is 5.26 Å². The van der Waals surface area contributed by atoms with Gasteiger partial charge in [0.05, 0.1) is 12.8 Å². The Bertz CT molecular complexity index is 1310. The molecule has 1 aliphatic rings. The molecule has 0 bridgehead atoms. The Morgan fingerprint density at radius 2 is 1.97 bits per heavy atom. The van der Waals surface area contributed by atoms with Crippen molar-refractivity contribution < 1.29 is 4.74 Å². The van der Waals surface area contributed by atoms with E-state index in [4.69, 9.17) is 9.72 Å². The van der Waals surface area contributed by atoms with Crippen LogP contribution in [-0.4, -0.2) is 40.1 Å². The van der Waals surface area contributed by atoms with Gasteiger partial charge in [0.25, 0.3) is 0 Å². The van der Waals surface area contributed by atoms with Crippen LogP contribution in [0.3, 0.4) is 0 Å². The summed E-state index contributed by atoms with van der Waals surface area (Å²) in [7, 11) is 3.80. The summed E-state index contributed by atoms with van der Waals surface area (Å²) in [5.41, 5.74) is 5.49. The smallest absolute Gasteiger partial charge is 0.229 e. The molecule has 3 heterocycles.